The summed E-state index contributed by atoms with van der Waals surface area (Å²) in [6, 6.07) is 9.28. The summed E-state index contributed by atoms with van der Waals surface area (Å²) in [7, 11) is 1.52. The van der Waals surface area contributed by atoms with Crippen LogP contribution in [0.4, 0.5) is 5.69 Å². The van der Waals surface area contributed by atoms with Crippen molar-refractivity contribution in [2.24, 2.45) is 0 Å². The minimum atomic E-state index is -0.442. The van der Waals surface area contributed by atoms with Gasteiger partial charge in [-0.25, -0.2) is 4.79 Å². The Morgan fingerprint density at radius 1 is 1.16 bits per heavy atom. The maximum Gasteiger partial charge on any atom is 0.346 e. The molecule has 96 valence electrons. The summed E-state index contributed by atoms with van der Waals surface area (Å²) in [5.41, 5.74) is 7.51. The molecule has 0 aliphatic heterocycles. The number of benzene rings is 2. The number of hydrogen-bond donors (Lipinski definition) is 1. The van der Waals surface area contributed by atoms with Gasteiger partial charge in [-0.05, 0) is 31.2 Å². The zero-order chi connectivity index (χ0) is 13.6. The molecular formula is C15H13NO3. The minimum Gasteiger partial charge on any atom is -0.495 e. The summed E-state index contributed by atoms with van der Waals surface area (Å²) >= 11 is 0. The van der Waals surface area contributed by atoms with Crippen LogP contribution in [-0.2, 0) is 0 Å². The van der Waals surface area contributed by atoms with Crippen LogP contribution in [0.1, 0.15) is 5.56 Å². The van der Waals surface area contributed by atoms with Gasteiger partial charge in [-0.15, -0.1) is 0 Å². The summed E-state index contributed by atoms with van der Waals surface area (Å²) in [4.78, 5) is 12.1. The van der Waals surface area contributed by atoms with Gasteiger partial charge in [0.15, 0.2) is 0 Å². The number of aryl methyl sites for hydroxylation is 1. The molecular weight excluding hydrogens is 242 g/mol. The molecule has 0 radical (unpaired) electrons. The number of fused-ring (bicyclic) bond motifs is 3. The molecule has 0 bridgehead atoms. The van der Waals surface area contributed by atoms with E-state index in [0.717, 1.165) is 16.3 Å². The number of ether oxygens (including phenoxy) is 1. The largest absolute Gasteiger partial charge is 0.495 e. The molecule has 4 nitrogen and oxygen atoms in total. The van der Waals surface area contributed by atoms with Crippen molar-refractivity contribution < 1.29 is 9.15 Å². The summed E-state index contributed by atoms with van der Waals surface area (Å²) < 4.78 is 10.5. The highest BCUT2D eigenvalue weighted by atomic mass is 16.5. The van der Waals surface area contributed by atoms with Crippen LogP contribution in [0.2, 0.25) is 0 Å². The molecule has 0 spiro atoms. The first-order valence-electron chi connectivity index (χ1n) is 5.91. The third-order valence-electron chi connectivity index (χ3n) is 3.26. The predicted octanol–water partition coefficient (Wildman–Crippen LogP) is 2.85. The number of nitrogen functional groups attached to an aromatic ring is 1. The van der Waals surface area contributed by atoms with Crippen LogP contribution in [0.3, 0.4) is 0 Å². The summed E-state index contributed by atoms with van der Waals surface area (Å²) in [6.45, 7) is 1.99. The van der Waals surface area contributed by atoms with Crippen LogP contribution < -0.4 is 16.1 Å². The number of anilines is 1. The van der Waals surface area contributed by atoms with E-state index in [1.165, 1.54) is 7.11 Å². The van der Waals surface area contributed by atoms with Gasteiger partial charge in [0.05, 0.1) is 18.2 Å². The van der Waals surface area contributed by atoms with Crippen molar-refractivity contribution in [1.82, 2.24) is 0 Å². The first kappa shape index (κ1) is 11.6. The number of rotatable bonds is 1. The Balaban J connectivity index is 2.59. The zero-order valence-electron chi connectivity index (χ0n) is 10.7. The monoisotopic (exact) mass is 255 g/mol. The van der Waals surface area contributed by atoms with E-state index in [1.807, 2.05) is 25.1 Å². The van der Waals surface area contributed by atoms with Gasteiger partial charge in [0, 0.05) is 10.8 Å². The van der Waals surface area contributed by atoms with Crippen molar-refractivity contribution >= 4 is 27.4 Å². The fourth-order valence-electron chi connectivity index (χ4n) is 2.32. The van der Waals surface area contributed by atoms with Crippen LogP contribution in [0, 0.1) is 6.92 Å². The fourth-order valence-corrected chi connectivity index (χ4v) is 2.32. The maximum absolute atomic E-state index is 12.1. The molecule has 19 heavy (non-hydrogen) atoms. The molecule has 0 saturated carbocycles. The molecule has 0 atom stereocenters. The van der Waals surface area contributed by atoms with Crippen LogP contribution in [-0.4, -0.2) is 7.11 Å². The average molecular weight is 255 g/mol. The lowest BCUT2D eigenvalue weighted by Crippen LogP contribution is -2.05. The predicted molar refractivity (Wildman–Crippen MR) is 75.7 cm³/mol. The smallest absolute Gasteiger partial charge is 0.346 e. The summed E-state index contributed by atoms with van der Waals surface area (Å²) in [5, 5.41) is 2.04. The molecule has 0 saturated heterocycles. The second-order valence-corrected chi connectivity index (χ2v) is 4.49. The molecule has 3 rings (SSSR count). The quantitative estimate of drug-likeness (QED) is 0.412. The van der Waals surface area contributed by atoms with E-state index < -0.39 is 5.63 Å². The standard InChI is InChI=1S/C15H13NO3/c1-8-3-5-11-10(7-8)9-4-6-12(18-2)14(16)13(9)15(17)19-11/h3-7H,16H2,1-2H3. The van der Waals surface area contributed by atoms with Crippen molar-refractivity contribution in [2.75, 3.05) is 12.8 Å². The molecule has 1 aromatic heterocycles. The van der Waals surface area contributed by atoms with Gasteiger partial charge < -0.3 is 14.9 Å². The summed E-state index contributed by atoms with van der Waals surface area (Å²) in [5.74, 6) is 0.479. The van der Waals surface area contributed by atoms with E-state index >= 15 is 0 Å². The van der Waals surface area contributed by atoms with E-state index in [2.05, 4.69) is 0 Å². The molecule has 0 amide bonds. The highest BCUT2D eigenvalue weighted by Crippen LogP contribution is 2.32. The van der Waals surface area contributed by atoms with Crippen molar-refractivity contribution in [2.45, 2.75) is 6.92 Å². The van der Waals surface area contributed by atoms with E-state index in [0.29, 0.717) is 22.4 Å². The Morgan fingerprint density at radius 3 is 2.68 bits per heavy atom. The SMILES string of the molecule is COc1ccc2c(c1N)c(=O)oc1ccc(C)cc12. The van der Waals surface area contributed by atoms with Crippen molar-refractivity contribution in [3.63, 3.8) is 0 Å². The first-order valence-corrected chi connectivity index (χ1v) is 5.91. The van der Waals surface area contributed by atoms with Gasteiger partial charge in [-0.1, -0.05) is 11.6 Å². The Bertz CT molecular complexity index is 849. The Morgan fingerprint density at radius 2 is 1.95 bits per heavy atom. The molecule has 4 heteroatoms. The minimum absolute atomic E-state index is 0.317. The molecule has 0 aliphatic rings. The number of methoxy groups -OCH3 is 1. The lowest BCUT2D eigenvalue weighted by molar-refractivity contribution is 0.417. The third-order valence-corrected chi connectivity index (χ3v) is 3.26. The summed E-state index contributed by atoms with van der Waals surface area (Å²) in [6.07, 6.45) is 0. The molecule has 3 aromatic rings. The van der Waals surface area contributed by atoms with Crippen molar-refractivity contribution in [3.05, 3.63) is 46.3 Å². The molecule has 1 heterocycles. The zero-order valence-corrected chi connectivity index (χ0v) is 10.7. The van der Waals surface area contributed by atoms with Crippen molar-refractivity contribution in [1.29, 1.82) is 0 Å². The van der Waals surface area contributed by atoms with Gasteiger partial charge in [0.25, 0.3) is 0 Å². The van der Waals surface area contributed by atoms with E-state index in [4.69, 9.17) is 14.9 Å². The van der Waals surface area contributed by atoms with Gasteiger partial charge in [0.1, 0.15) is 11.3 Å². The van der Waals surface area contributed by atoms with Crippen LogP contribution in [0.5, 0.6) is 5.75 Å². The van der Waals surface area contributed by atoms with Gasteiger partial charge >= 0.3 is 5.63 Å². The normalized spacial score (nSPS) is 11.1. The second-order valence-electron chi connectivity index (χ2n) is 4.49. The number of nitrogens with two attached hydrogens (primary N) is 1. The maximum atomic E-state index is 12.1. The molecule has 2 aromatic carbocycles. The van der Waals surface area contributed by atoms with Crippen LogP contribution >= 0.6 is 0 Å². The molecule has 0 fully saturated rings. The number of hydrogen-bond acceptors (Lipinski definition) is 4. The molecule has 0 unspecified atom stereocenters. The van der Waals surface area contributed by atoms with Gasteiger partial charge in [-0.3, -0.25) is 0 Å². The van der Waals surface area contributed by atoms with Crippen LogP contribution in [0.25, 0.3) is 21.7 Å². The highest BCUT2D eigenvalue weighted by molar-refractivity contribution is 6.09. The van der Waals surface area contributed by atoms with E-state index in [9.17, 15) is 4.79 Å². The Hall–Kier alpha value is -2.49. The van der Waals surface area contributed by atoms with Crippen molar-refractivity contribution in [3.8, 4) is 5.75 Å². The lowest BCUT2D eigenvalue weighted by atomic mass is 10.0. The van der Waals surface area contributed by atoms with Gasteiger partial charge in [-0.2, -0.15) is 0 Å². The van der Waals surface area contributed by atoms with Gasteiger partial charge in [0.2, 0.25) is 0 Å². The Kier molecular flexibility index (Phi) is 2.45. The first-order chi connectivity index (χ1) is 9.11. The topological polar surface area (TPSA) is 65.5 Å². The lowest BCUT2D eigenvalue weighted by Gasteiger charge is -2.09. The average Bonchev–Trinajstić information content (AvgIpc) is 2.40. The second kappa shape index (κ2) is 4.02. The highest BCUT2D eigenvalue weighted by Gasteiger charge is 2.13. The van der Waals surface area contributed by atoms with Crippen LogP contribution in [0.15, 0.2) is 39.5 Å². The third kappa shape index (κ3) is 1.64. The fraction of sp³-hybridized carbons (Fsp3) is 0.133. The molecule has 2 N–H and O–H groups in total. The Labute approximate surface area is 109 Å². The molecule has 0 aliphatic carbocycles. The van der Waals surface area contributed by atoms with E-state index in [1.54, 1.807) is 12.1 Å². The van der Waals surface area contributed by atoms with E-state index in [-0.39, 0.29) is 0 Å².